The van der Waals surface area contributed by atoms with Gasteiger partial charge in [-0.15, -0.1) is 0 Å². The lowest BCUT2D eigenvalue weighted by molar-refractivity contribution is 0.104. The number of hydrogen-bond donors (Lipinski definition) is 2. The van der Waals surface area contributed by atoms with Crippen molar-refractivity contribution in [3.05, 3.63) is 53.6 Å². The van der Waals surface area contributed by atoms with Crippen molar-refractivity contribution in [1.29, 1.82) is 0 Å². The van der Waals surface area contributed by atoms with Crippen molar-refractivity contribution < 1.29 is 24.5 Å². The van der Waals surface area contributed by atoms with Crippen LogP contribution in [-0.2, 0) is 0 Å². The highest BCUT2D eigenvalue weighted by molar-refractivity contribution is 6.10. The van der Waals surface area contributed by atoms with Crippen LogP contribution >= 0.6 is 0 Å². The van der Waals surface area contributed by atoms with Gasteiger partial charge in [0, 0.05) is 12.1 Å². The Hall–Kier alpha value is -3.03. The molecule has 2 saturated heterocycles. The molecule has 2 aliphatic rings. The summed E-state index contributed by atoms with van der Waals surface area (Å²) in [6, 6.07) is 10.3. The summed E-state index contributed by atoms with van der Waals surface area (Å²) in [5, 5.41) is 20.8. The molecule has 7 nitrogen and oxygen atoms in total. The number of hydrogen-bond acceptors (Lipinski definition) is 7. The summed E-state index contributed by atoms with van der Waals surface area (Å²) in [5.41, 5.74) is 0.698. The van der Waals surface area contributed by atoms with Gasteiger partial charge >= 0.3 is 0 Å². The van der Waals surface area contributed by atoms with E-state index < -0.39 is 5.78 Å². The number of ketones is 1. The number of phenols is 2. The van der Waals surface area contributed by atoms with Crippen molar-refractivity contribution in [3.63, 3.8) is 0 Å². The number of allylic oxidation sites excluding steroid dienone is 1. The molecule has 2 heterocycles. The van der Waals surface area contributed by atoms with E-state index in [1.54, 1.807) is 6.08 Å². The molecular weight excluding hydrogens is 480 g/mol. The van der Waals surface area contributed by atoms with Gasteiger partial charge in [-0.05, 0) is 114 Å². The van der Waals surface area contributed by atoms with E-state index in [4.69, 9.17) is 9.47 Å². The molecule has 2 N–H and O–H groups in total. The van der Waals surface area contributed by atoms with E-state index >= 15 is 0 Å². The molecule has 0 atom stereocenters. The van der Waals surface area contributed by atoms with Crippen LogP contribution in [0.4, 0.5) is 0 Å². The normalized spacial score (nSPS) is 16.4. The highest BCUT2D eigenvalue weighted by atomic mass is 16.5. The molecule has 206 valence electrons. The molecule has 2 aromatic rings. The Kier molecular flexibility index (Phi) is 10.9. The number of unbranched alkanes of at least 4 members (excludes halogenated alkanes) is 2. The molecule has 0 radical (unpaired) electrons. The molecule has 4 rings (SSSR count). The highest BCUT2D eigenvalue weighted by Crippen LogP contribution is 2.33. The second-order valence-corrected chi connectivity index (χ2v) is 10.3. The second kappa shape index (κ2) is 14.8. The summed E-state index contributed by atoms with van der Waals surface area (Å²) in [4.78, 5) is 17.7. The molecule has 0 saturated carbocycles. The Bertz CT molecular complexity index is 1020. The third-order valence-corrected chi connectivity index (χ3v) is 7.30. The molecular formula is C31H42N2O5. The minimum atomic E-state index is -0.476. The van der Waals surface area contributed by atoms with Gasteiger partial charge in [-0.25, -0.2) is 0 Å². The largest absolute Gasteiger partial charge is 0.507 e. The van der Waals surface area contributed by atoms with Crippen LogP contribution in [0, 0.1) is 0 Å². The smallest absolute Gasteiger partial charge is 0.193 e. The van der Waals surface area contributed by atoms with Crippen molar-refractivity contribution in [1.82, 2.24) is 9.80 Å². The summed E-state index contributed by atoms with van der Waals surface area (Å²) >= 11 is 0. The number of phenolic OH excluding ortho intramolecular Hbond substituents is 2. The molecule has 0 bridgehead atoms. The van der Waals surface area contributed by atoms with Crippen LogP contribution in [0.3, 0.4) is 0 Å². The Morgan fingerprint density at radius 2 is 1.24 bits per heavy atom. The van der Waals surface area contributed by atoms with Gasteiger partial charge in [0.05, 0.1) is 13.2 Å². The van der Waals surface area contributed by atoms with Crippen molar-refractivity contribution in [2.24, 2.45) is 0 Å². The lowest BCUT2D eigenvalue weighted by atomic mass is 10.1. The SMILES string of the molecule is O=C(/C=C/c1ccc(OCCCCN2CCCC2)cc1)c1c(O)cc(OCCCCN2CCCC2)cc1O. The zero-order valence-corrected chi connectivity index (χ0v) is 22.4. The van der Waals surface area contributed by atoms with Crippen molar-refractivity contribution >= 4 is 11.9 Å². The molecule has 2 fully saturated rings. The van der Waals surface area contributed by atoms with Crippen LogP contribution < -0.4 is 9.47 Å². The first-order valence-corrected chi connectivity index (χ1v) is 14.2. The fourth-order valence-corrected chi connectivity index (χ4v) is 5.12. The van der Waals surface area contributed by atoms with Gasteiger partial charge in [-0.1, -0.05) is 18.2 Å². The zero-order valence-electron chi connectivity index (χ0n) is 22.4. The van der Waals surface area contributed by atoms with Gasteiger partial charge in [-0.3, -0.25) is 4.79 Å². The van der Waals surface area contributed by atoms with Crippen LogP contribution in [0.5, 0.6) is 23.0 Å². The number of carbonyl (C=O) groups is 1. The first-order valence-electron chi connectivity index (χ1n) is 14.2. The van der Waals surface area contributed by atoms with Gasteiger partial charge in [0.1, 0.15) is 28.6 Å². The number of benzene rings is 2. The monoisotopic (exact) mass is 522 g/mol. The minimum absolute atomic E-state index is 0.128. The lowest BCUT2D eigenvalue weighted by Gasteiger charge is -2.14. The Labute approximate surface area is 226 Å². The third-order valence-electron chi connectivity index (χ3n) is 7.30. The van der Waals surface area contributed by atoms with E-state index in [-0.39, 0.29) is 17.1 Å². The van der Waals surface area contributed by atoms with E-state index in [0.717, 1.165) is 50.1 Å². The molecule has 0 unspecified atom stereocenters. The van der Waals surface area contributed by atoms with Crippen LogP contribution in [0.2, 0.25) is 0 Å². The van der Waals surface area contributed by atoms with E-state index in [9.17, 15) is 15.0 Å². The van der Waals surface area contributed by atoms with Crippen LogP contribution in [-0.4, -0.2) is 78.3 Å². The van der Waals surface area contributed by atoms with Crippen molar-refractivity contribution in [2.45, 2.75) is 51.4 Å². The summed E-state index contributed by atoms with van der Waals surface area (Å²) < 4.78 is 11.5. The topological polar surface area (TPSA) is 82.5 Å². The first kappa shape index (κ1) is 28.0. The fourth-order valence-electron chi connectivity index (χ4n) is 5.12. The second-order valence-electron chi connectivity index (χ2n) is 10.3. The molecule has 7 heteroatoms. The first-order chi connectivity index (χ1) is 18.6. The maximum atomic E-state index is 12.7. The predicted molar refractivity (Wildman–Crippen MR) is 150 cm³/mol. The van der Waals surface area contributed by atoms with Gasteiger partial charge in [0.2, 0.25) is 0 Å². The lowest BCUT2D eigenvalue weighted by Crippen LogP contribution is -2.20. The molecule has 2 aliphatic heterocycles. The number of aromatic hydroxyl groups is 2. The van der Waals surface area contributed by atoms with Gasteiger partial charge in [0.25, 0.3) is 0 Å². The van der Waals surface area contributed by atoms with Gasteiger partial charge in [-0.2, -0.15) is 0 Å². The van der Waals surface area contributed by atoms with Crippen molar-refractivity contribution in [2.75, 3.05) is 52.5 Å². The standard InChI is InChI=1S/C31H42N2O5/c34-28(14-11-25-9-12-26(13-10-25)37-21-7-5-19-32-15-1-2-16-32)31-29(35)23-27(24-30(31)36)38-22-8-6-20-33-17-3-4-18-33/h9-14,23-24,35-36H,1-8,15-22H2/b14-11+. The average Bonchev–Trinajstić information content (AvgIpc) is 3.62. The highest BCUT2D eigenvalue weighted by Gasteiger charge is 2.17. The van der Waals surface area contributed by atoms with Gasteiger partial charge in [0.15, 0.2) is 5.78 Å². The molecule has 0 aromatic heterocycles. The fraction of sp³-hybridized carbons (Fsp3) is 0.516. The number of rotatable bonds is 15. The summed E-state index contributed by atoms with van der Waals surface area (Å²) in [5.74, 6) is 0.0980. The number of nitrogens with zero attached hydrogens (tertiary/aromatic N) is 2. The zero-order chi connectivity index (χ0) is 26.6. The van der Waals surface area contributed by atoms with Crippen LogP contribution in [0.1, 0.15) is 67.3 Å². The molecule has 0 spiro atoms. The van der Waals surface area contributed by atoms with Crippen LogP contribution in [0.15, 0.2) is 42.5 Å². The third kappa shape index (κ3) is 8.77. The van der Waals surface area contributed by atoms with Crippen LogP contribution in [0.25, 0.3) is 6.08 Å². The Morgan fingerprint density at radius 1 is 0.737 bits per heavy atom. The van der Waals surface area contributed by atoms with E-state index in [0.29, 0.717) is 19.0 Å². The van der Waals surface area contributed by atoms with E-state index in [1.807, 2.05) is 24.3 Å². The summed E-state index contributed by atoms with van der Waals surface area (Å²) in [6.45, 7) is 8.26. The maximum Gasteiger partial charge on any atom is 0.193 e. The Balaban J connectivity index is 1.19. The van der Waals surface area contributed by atoms with Crippen molar-refractivity contribution in [3.8, 4) is 23.0 Å². The summed E-state index contributed by atoms with van der Waals surface area (Å²) in [7, 11) is 0. The maximum absolute atomic E-state index is 12.7. The average molecular weight is 523 g/mol. The molecule has 0 aliphatic carbocycles. The van der Waals surface area contributed by atoms with E-state index in [1.165, 1.54) is 70.1 Å². The molecule has 38 heavy (non-hydrogen) atoms. The summed E-state index contributed by atoms with van der Waals surface area (Å²) in [6.07, 6.45) is 12.3. The van der Waals surface area contributed by atoms with E-state index in [2.05, 4.69) is 9.80 Å². The number of carbonyl (C=O) groups excluding carboxylic acids is 1. The number of ether oxygens (including phenoxy) is 2. The minimum Gasteiger partial charge on any atom is -0.507 e. The molecule has 0 amide bonds. The number of likely N-dealkylation sites (tertiary alicyclic amines) is 2. The predicted octanol–water partition coefficient (Wildman–Crippen LogP) is 5.50. The quantitative estimate of drug-likeness (QED) is 0.181. The molecule has 2 aromatic carbocycles. The van der Waals surface area contributed by atoms with Gasteiger partial charge < -0.3 is 29.5 Å². The Morgan fingerprint density at radius 3 is 1.76 bits per heavy atom.